The van der Waals surface area contributed by atoms with Crippen molar-refractivity contribution in [3.8, 4) is 0 Å². The summed E-state index contributed by atoms with van der Waals surface area (Å²) in [6, 6.07) is 6.71. The van der Waals surface area contributed by atoms with E-state index in [2.05, 4.69) is 34.3 Å². The maximum Gasteiger partial charge on any atom is 0.407 e. The van der Waals surface area contributed by atoms with Crippen LogP contribution in [0.1, 0.15) is 50.3 Å². The van der Waals surface area contributed by atoms with Crippen molar-refractivity contribution in [2.75, 3.05) is 39.3 Å². The third-order valence-corrected chi connectivity index (χ3v) is 7.07. The number of carbonyl (C=O) groups is 1. The molecule has 1 aromatic carbocycles. The Hall–Kier alpha value is -2.38. The number of piperazine rings is 1. The summed E-state index contributed by atoms with van der Waals surface area (Å²) in [6.45, 7) is 4.86. The third-order valence-electron chi connectivity index (χ3n) is 7.07. The average Bonchev–Trinajstić information content (AvgIpc) is 3.24. The lowest BCUT2D eigenvalue weighted by Crippen LogP contribution is -2.49. The summed E-state index contributed by atoms with van der Waals surface area (Å²) in [6.07, 6.45) is 10.4. The molecular weight excluding hydrogens is 392 g/mol. The van der Waals surface area contributed by atoms with Gasteiger partial charge in [-0.1, -0.05) is 12.1 Å². The van der Waals surface area contributed by atoms with E-state index in [9.17, 15) is 4.79 Å². The summed E-state index contributed by atoms with van der Waals surface area (Å²) in [5.74, 6) is 0.662. The van der Waals surface area contributed by atoms with Crippen molar-refractivity contribution in [3.05, 3.63) is 36.0 Å². The second-order valence-corrected chi connectivity index (χ2v) is 9.12. The second-order valence-electron chi connectivity index (χ2n) is 9.12. The minimum atomic E-state index is -0.793. The minimum Gasteiger partial charge on any atom is -0.465 e. The quantitative estimate of drug-likeness (QED) is 0.796. The number of fused-ring (bicyclic) bond motifs is 1. The second kappa shape index (κ2) is 9.01. The average molecular weight is 425 g/mol. The van der Waals surface area contributed by atoms with Gasteiger partial charge in [-0.3, -0.25) is 4.90 Å². The fourth-order valence-corrected chi connectivity index (χ4v) is 5.20. The van der Waals surface area contributed by atoms with Crippen molar-refractivity contribution in [2.45, 2.75) is 44.8 Å². The number of rotatable bonds is 4. The first-order valence-corrected chi connectivity index (χ1v) is 11.7. The molecule has 2 fully saturated rings. The normalized spacial score (nSPS) is 25.5. The molecule has 2 atom stereocenters. The predicted molar refractivity (Wildman–Crippen MR) is 120 cm³/mol. The smallest absolute Gasteiger partial charge is 0.407 e. The van der Waals surface area contributed by atoms with Gasteiger partial charge in [0.2, 0.25) is 0 Å². The summed E-state index contributed by atoms with van der Waals surface area (Å²) < 4.78 is 7.97. The Labute approximate surface area is 183 Å². The van der Waals surface area contributed by atoms with Crippen LogP contribution in [0.2, 0.25) is 0 Å². The van der Waals surface area contributed by atoms with Crippen molar-refractivity contribution in [3.63, 3.8) is 0 Å². The minimum absolute atomic E-state index is 0.0733. The van der Waals surface area contributed by atoms with Crippen LogP contribution < -0.4 is 0 Å². The maximum atomic E-state index is 11.1. The van der Waals surface area contributed by atoms with Crippen LogP contribution in [-0.4, -0.2) is 70.1 Å². The molecule has 3 heterocycles. The Morgan fingerprint density at radius 3 is 2.74 bits per heavy atom. The molecule has 1 N–H and O–H groups in total. The Balaban J connectivity index is 1.20. The Morgan fingerprint density at radius 1 is 1.16 bits per heavy atom. The molecule has 1 amide bonds. The number of ether oxygens (including phenoxy) is 1. The predicted octanol–water partition coefficient (Wildman–Crippen LogP) is 4.21. The van der Waals surface area contributed by atoms with E-state index in [0.29, 0.717) is 19.0 Å². The zero-order chi connectivity index (χ0) is 21.2. The first-order valence-electron chi connectivity index (χ1n) is 11.7. The zero-order valence-electron chi connectivity index (χ0n) is 18.1. The lowest BCUT2D eigenvalue weighted by molar-refractivity contribution is -0.0366. The first kappa shape index (κ1) is 20.5. The van der Waals surface area contributed by atoms with Gasteiger partial charge in [0.25, 0.3) is 0 Å². The first-order chi connectivity index (χ1) is 15.2. The van der Waals surface area contributed by atoms with E-state index in [0.717, 1.165) is 57.4 Å². The fraction of sp³-hybridized carbons (Fsp3) is 0.583. The van der Waals surface area contributed by atoms with E-state index in [1.807, 2.05) is 10.9 Å². The van der Waals surface area contributed by atoms with E-state index >= 15 is 0 Å². The van der Waals surface area contributed by atoms with Gasteiger partial charge in [-0.15, -0.1) is 0 Å². The number of carboxylic acid groups (broad SMARTS) is 1. The summed E-state index contributed by atoms with van der Waals surface area (Å²) in [7, 11) is 0. The van der Waals surface area contributed by atoms with Crippen LogP contribution in [0.15, 0.2) is 30.5 Å². The molecular formula is C24H32N4O3. The van der Waals surface area contributed by atoms with E-state index in [1.54, 1.807) is 0 Å². The number of hydrogen-bond donors (Lipinski definition) is 1. The lowest BCUT2D eigenvalue weighted by Gasteiger charge is -2.35. The van der Waals surface area contributed by atoms with E-state index in [4.69, 9.17) is 9.84 Å². The summed E-state index contributed by atoms with van der Waals surface area (Å²) in [5.41, 5.74) is 3.91. The van der Waals surface area contributed by atoms with Crippen LogP contribution in [-0.2, 0) is 4.74 Å². The van der Waals surface area contributed by atoms with Gasteiger partial charge < -0.3 is 14.7 Å². The molecule has 166 valence electrons. The van der Waals surface area contributed by atoms with E-state index < -0.39 is 6.09 Å². The van der Waals surface area contributed by atoms with Crippen molar-refractivity contribution in [1.82, 2.24) is 19.6 Å². The largest absolute Gasteiger partial charge is 0.465 e. The molecule has 2 aromatic rings. The molecule has 7 heteroatoms. The molecule has 0 bridgehead atoms. The van der Waals surface area contributed by atoms with Gasteiger partial charge in [0, 0.05) is 44.7 Å². The molecule has 2 saturated heterocycles. The number of nitrogens with zero attached hydrogens (tertiary/aromatic N) is 4. The van der Waals surface area contributed by atoms with Crippen LogP contribution in [0.25, 0.3) is 16.5 Å². The monoisotopic (exact) mass is 424 g/mol. The molecule has 31 heavy (non-hydrogen) atoms. The van der Waals surface area contributed by atoms with Crippen LogP contribution in [0, 0.1) is 5.92 Å². The van der Waals surface area contributed by atoms with Crippen molar-refractivity contribution < 1.29 is 14.6 Å². The molecule has 0 radical (unpaired) electrons. The van der Waals surface area contributed by atoms with Gasteiger partial charge in [-0.2, -0.15) is 5.10 Å². The van der Waals surface area contributed by atoms with Crippen molar-refractivity contribution in [2.24, 2.45) is 5.92 Å². The zero-order valence-corrected chi connectivity index (χ0v) is 18.1. The number of amides is 1. The molecule has 7 nitrogen and oxygen atoms in total. The summed E-state index contributed by atoms with van der Waals surface area (Å²) in [5, 5.41) is 14.9. The fourth-order valence-electron chi connectivity index (χ4n) is 5.20. The number of aromatic nitrogens is 2. The molecule has 5 rings (SSSR count). The van der Waals surface area contributed by atoms with Gasteiger partial charge >= 0.3 is 6.09 Å². The van der Waals surface area contributed by atoms with E-state index in [-0.39, 0.29) is 6.23 Å². The van der Waals surface area contributed by atoms with Gasteiger partial charge in [-0.05, 0) is 67.7 Å². The van der Waals surface area contributed by atoms with Crippen LogP contribution in [0.3, 0.4) is 0 Å². The Bertz CT molecular complexity index is 955. The standard InChI is InChI=1S/C24H32N4O3/c29-24(30)27-12-10-26(11-13-27)17-18-4-6-19(7-5-18)20-8-9-22-21(15-20)16-25-28(22)23-3-1-2-14-31-23/h6,8-9,15-16,18,23H,1-5,7,10-14,17H2,(H,29,30). The van der Waals surface area contributed by atoms with Crippen LogP contribution in [0.4, 0.5) is 4.79 Å². The Morgan fingerprint density at radius 2 is 2.03 bits per heavy atom. The molecule has 0 spiro atoms. The third kappa shape index (κ3) is 4.48. The van der Waals surface area contributed by atoms with Crippen LogP contribution >= 0.6 is 0 Å². The van der Waals surface area contributed by atoms with Crippen LogP contribution in [0.5, 0.6) is 0 Å². The number of benzene rings is 1. The SMILES string of the molecule is O=C(O)N1CCN(CC2CC=C(c3ccc4c(cnn4C4CCCCO4)c3)CC2)CC1. The van der Waals surface area contributed by atoms with Crippen molar-refractivity contribution in [1.29, 1.82) is 0 Å². The van der Waals surface area contributed by atoms with Gasteiger partial charge in [0.05, 0.1) is 11.7 Å². The van der Waals surface area contributed by atoms with Gasteiger partial charge in [-0.25, -0.2) is 9.48 Å². The molecule has 2 unspecified atom stereocenters. The summed E-state index contributed by atoms with van der Waals surface area (Å²) >= 11 is 0. The maximum absolute atomic E-state index is 11.1. The number of hydrogen-bond acceptors (Lipinski definition) is 4. The summed E-state index contributed by atoms with van der Waals surface area (Å²) in [4.78, 5) is 15.0. The van der Waals surface area contributed by atoms with Crippen molar-refractivity contribution >= 4 is 22.6 Å². The highest BCUT2D eigenvalue weighted by atomic mass is 16.5. The van der Waals surface area contributed by atoms with Gasteiger partial charge in [0.15, 0.2) is 6.23 Å². The molecule has 1 aliphatic carbocycles. The number of allylic oxidation sites excluding steroid dienone is 2. The molecule has 0 saturated carbocycles. The Kier molecular flexibility index (Phi) is 5.96. The van der Waals surface area contributed by atoms with E-state index in [1.165, 1.54) is 34.3 Å². The van der Waals surface area contributed by atoms with Gasteiger partial charge in [0.1, 0.15) is 0 Å². The highest BCUT2D eigenvalue weighted by Crippen LogP contribution is 2.33. The highest BCUT2D eigenvalue weighted by molar-refractivity contribution is 5.83. The topological polar surface area (TPSA) is 70.8 Å². The lowest BCUT2D eigenvalue weighted by atomic mass is 9.86. The molecule has 2 aliphatic heterocycles. The highest BCUT2D eigenvalue weighted by Gasteiger charge is 2.24. The molecule has 1 aromatic heterocycles. The molecule has 3 aliphatic rings.